The molecule has 0 aliphatic heterocycles. The minimum Gasteiger partial charge on any atom is -0.508 e. The SMILES string of the molecule is C=C(CCC)OCCCOc1ccc(O)cc1. The minimum atomic E-state index is 0.247. The molecule has 0 bridgehead atoms. The van der Waals surface area contributed by atoms with Crippen LogP contribution in [-0.2, 0) is 4.74 Å². The van der Waals surface area contributed by atoms with E-state index in [1.807, 2.05) is 0 Å². The molecule has 0 unspecified atom stereocenters. The molecule has 0 aliphatic rings. The normalized spacial score (nSPS) is 9.94. The maximum atomic E-state index is 9.09. The lowest BCUT2D eigenvalue weighted by atomic mass is 10.3. The second-order valence-electron chi connectivity index (χ2n) is 3.83. The van der Waals surface area contributed by atoms with Crippen molar-refractivity contribution in [1.82, 2.24) is 0 Å². The van der Waals surface area contributed by atoms with Gasteiger partial charge < -0.3 is 14.6 Å². The van der Waals surface area contributed by atoms with Gasteiger partial charge in [0.05, 0.1) is 19.0 Å². The fourth-order valence-electron chi connectivity index (χ4n) is 1.36. The second kappa shape index (κ2) is 7.60. The van der Waals surface area contributed by atoms with Crippen molar-refractivity contribution in [3.63, 3.8) is 0 Å². The summed E-state index contributed by atoms with van der Waals surface area (Å²) in [5.74, 6) is 1.85. The largest absolute Gasteiger partial charge is 0.508 e. The Balaban J connectivity index is 2.08. The van der Waals surface area contributed by atoms with Gasteiger partial charge in [0.1, 0.15) is 11.5 Å². The van der Waals surface area contributed by atoms with Crippen LogP contribution in [0.3, 0.4) is 0 Å². The van der Waals surface area contributed by atoms with Crippen molar-refractivity contribution in [2.75, 3.05) is 13.2 Å². The third-order valence-corrected chi connectivity index (χ3v) is 2.23. The summed E-state index contributed by atoms with van der Waals surface area (Å²) in [7, 11) is 0. The number of rotatable bonds is 8. The van der Waals surface area contributed by atoms with Crippen molar-refractivity contribution in [3.05, 3.63) is 36.6 Å². The van der Waals surface area contributed by atoms with E-state index in [1.165, 1.54) is 0 Å². The van der Waals surface area contributed by atoms with Crippen LogP contribution in [0.2, 0.25) is 0 Å². The van der Waals surface area contributed by atoms with E-state index < -0.39 is 0 Å². The average molecular weight is 236 g/mol. The van der Waals surface area contributed by atoms with E-state index in [0.29, 0.717) is 13.2 Å². The fourth-order valence-corrected chi connectivity index (χ4v) is 1.36. The van der Waals surface area contributed by atoms with Gasteiger partial charge in [-0.3, -0.25) is 0 Å². The standard InChI is InChI=1S/C14H20O3/c1-3-5-12(2)16-10-4-11-17-14-8-6-13(15)7-9-14/h6-9,15H,2-5,10-11H2,1H3. The molecular weight excluding hydrogens is 216 g/mol. The van der Waals surface area contributed by atoms with E-state index in [-0.39, 0.29) is 5.75 Å². The quantitative estimate of drug-likeness (QED) is 0.554. The first-order chi connectivity index (χ1) is 8.22. The average Bonchev–Trinajstić information content (AvgIpc) is 2.31. The third kappa shape index (κ3) is 5.85. The lowest BCUT2D eigenvalue weighted by molar-refractivity contribution is 0.176. The van der Waals surface area contributed by atoms with Crippen LogP contribution in [0.4, 0.5) is 0 Å². The third-order valence-electron chi connectivity index (χ3n) is 2.23. The maximum Gasteiger partial charge on any atom is 0.119 e. The molecule has 1 rings (SSSR count). The van der Waals surface area contributed by atoms with Gasteiger partial charge in [-0.05, 0) is 30.7 Å². The highest BCUT2D eigenvalue weighted by molar-refractivity contribution is 5.29. The first kappa shape index (κ1) is 13.4. The van der Waals surface area contributed by atoms with E-state index in [1.54, 1.807) is 24.3 Å². The molecule has 1 aromatic rings. The highest BCUT2D eigenvalue weighted by Crippen LogP contribution is 2.15. The molecule has 3 heteroatoms. The van der Waals surface area contributed by atoms with E-state index in [2.05, 4.69) is 13.5 Å². The maximum absolute atomic E-state index is 9.09. The van der Waals surface area contributed by atoms with Crippen molar-refractivity contribution in [2.45, 2.75) is 26.2 Å². The number of ether oxygens (including phenoxy) is 2. The van der Waals surface area contributed by atoms with Crippen molar-refractivity contribution in [2.24, 2.45) is 0 Å². The van der Waals surface area contributed by atoms with Gasteiger partial charge in [0.25, 0.3) is 0 Å². The number of benzene rings is 1. The molecule has 94 valence electrons. The molecule has 0 radical (unpaired) electrons. The zero-order valence-electron chi connectivity index (χ0n) is 10.3. The molecule has 0 heterocycles. The molecule has 3 nitrogen and oxygen atoms in total. The van der Waals surface area contributed by atoms with Gasteiger partial charge in [-0.15, -0.1) is 0 Å². The van der Waals surface area contributed by atoms with Gasteiger partial charge in [-0.1, -0.05) is 13.5 Å². The monoisotopic (exact) mass is 236 g/mol. The van der Waals surface area contributed by atoms with Gasteiger partial charge in [-0.2, -0.15) is 0 Å². The van der Waals surface area contributed by atoms with Crippen LogP contribution >= 0.6 is 0 Å². The summed E-state index contributed by atoms with van der Waals surface area (Å²) in [5, 5.41) is 9.09. The summed E-state index contributed by atoms with van der Waals surface area (Å²) in [6.07, 6.45) is 2.80. The summed E-state index contributed by atoms with van der Waals surface area (Å²) >= 11 is 0. The van der Waals surface area contributed by atoms with Crippen LogP contribution in [0.5, 0.6) is 11.5 Å². The molecule has 17 heavy (non-hydrogen) atoms. The van der Waals surface area contributed by atoms with Gasteiger partial charge in [0.2, 0.25) is 0 Å². The fraction of sp³-hybridized carbons (Fsp3) is 0.429. The van der Waals surface area contributed by atoms with Crippen LogP contribution in [0, 0.1) is 0 Å². The molecule has 0 atom stereocenters. The lowest BCUT2D eigenvalue weighted by Gasteiger charge is -2.09. The van der Waals surface area contributed by atoms with Crippen LogP contribution < -0.4 is 4.74 Å². The summed E-state index contributed by atoms with van der Waals surface area (Å²) in [6, 6.07) is 6.70. The van der Waals surface area contributed by atoms with Crippen molar-refractivity contribution in [3.8, 4) is 11.5 Å². The Kier molecular flexibility index (Phi) is 6.00. The number of hydrogen-bond donors (Lipinski definition) is 1. The van der Waals surface area contributed by atoms with Gasteiger partial charge in [-0.25, -0.2) is 0 Å². The van der Waals surface area contributed by atoms with E-state index in [0.717, 1.165) is 30.8 Å². The Morgan fingerprint density at radius 3 is 2.59 bits per heavy atom. The highest BCUT2D eigenvalue weighted by Gasteiger charge is 1.96. The first-order valence-electron chi connectivity index (χ1n) is 5.94. The van der Waals surface area contributed by atoms with Crippen molar-refractivity contribution in [1.29, 1.82) is 0 Å². The Morgan fingerprint density at radius 1 is 1.24 bits per heavy atom. The molecule has 0 saturated carbocycles. The van der Waals surface area contributed by atoms with E-state index in [9.17, 15) is 0 Å². The molecule has 1 aromatic carbocycles. The Bertz CT molecular complexity index is 330. The first-order valence-corrected chi connectivity index (χ1v) is 5.94. The predicted octanol–water partition coefficient (Wildman–Crippen LogP) is 3.49. The summed E-state index contributed by atoms with van der Waals surface area (Å²) in [5.41, 5.74) is 0. The zero-order chi connectivity index (χ0) is 12.5. The van der Waals surface area contributed by atoms with Crippen molar-refractivity contribution < 1.29 is 14.6 Å². The Hall–Kier alpha value is -1.64. The summed E-state index contributed by atoms with van der Waals surface area (Å²) in [4.78, 5) is 0. The van der Waals surface area contributed by atoms with Crippen LogP contribution in [-0.4, -0.2) is 18.3 Å². The molecule has 0 saturated heterocycles. The highest BCUT2D eigenvalue weighted by atomic mass is 16.5. The molecule has 0 aliphatic carbocycles. The Labute approximate surface area is 103 Å². The number of phenols is 1. The number of aromatic hydroxyl groups is 1. The number of hydrogen-bond acceptors (Lipinski definition) is 3. The predicted molar refractivity (Wildman–Crippen MR) is 68.2 cm³/mol. The number of phenolic OH excluding ortho intramolecular Hbond substituents is 1. The van der Waals surface area contributed by atoms with Crippen LogP contribution in [0.15, 0.2) is 36.6 Å². The molecule has 0 fully saturated rings. The molecule has 0 aromatic heterocycles. The Morgan fingerprint density at radius 2 is 1.94 bits per heavy atom. The molecule has 1 N–H and O–H groups in total. The van der Waals surface area contributed by atoms with E-state index >= 15 is 0 Å². The smallest absolute Gasteiger partial charge is 0.119 e. The number of allylic oxidation sites excluding steroid dienone is 1. The lowest BCUT2D eigenvalue weighted by Crippen LogP contribution is -2.02. The molecule has 0 amide bonds. The second-order valence-corrected chi connectivity index (χ2v) is 3.83. The summed E-state index contributed by atoms with van der Waals surface area (Å²) in [6.45, 7) is 7.16. The van der Waals surface area contributed by atoms with Crippen molar-refractivity contribution >= 4 is 0 Å². The van der Waals surface area contributed by atoms with Gasteiger partial charge in [0, 0.05) is 12.8 Å². The van der Waals surface area contributed by atoms with Crippen LogP contribution in [0.25, 0.3) is 0 Å². The van der Waals surface area contributed by atoms with E-state index in [4.69, 9.17) is 14.6 Å². The minimum absolute atomic E-state index is 0.247. The zero-order valence-corrected chi connectivity index (χ0v) is 10.3. The molecular formula is C14H20O3. The van der Waals surface area contributed by atoms with Crippen LogP contribution in [0.1, 0.15) is 26.2 Å². The summed E-state index contributed by atoms with van der Waals surface area (Å²) < 4.78 is 10.9. The topological polar surface area (TPSA) is 38.7 Å². The van der Waals surface area contributed by atoms with Gasteiger partial charge in [0.15, 0.2) is 0 Å². The van der Waals surface area contributed by atoms with Gasteiger partial charge >= 0.3 is 0 Å². The molecule has 0 spiro atoms.